The highest BCUT2D eigenvalue weighted by atomic mass is 19.4. The van der Waals surface area contributed by atoms with E-state index in [0.717, 1.165) is 19.3 Å². The van der Waals surface area contributed by atoms with Gasteiger partial charge in [-0.3, -0.25) is 9.67 Å². The van der Waals surface area contributed by atoms with Crippen molar-refractivity contribution in [2.24, 2.45) is 12.0 Å². The van der Waals surface area contributed by atoms with Crippen molar-refractivity contribution in [2.75, 3.05) is 0 Å². The van der Waals surface area contributed by atoms with Crippen LogP contribution in [0.4, 0.5) is 35.1 Å². The molecule has 0 radical (unpaired) electrons. The van der Waals surface area contributed by atoms with E-state index in [0.29, 0.717) is 0 Å². The maximum atomic E-state index is 13.6. The van der Waals surface area contributed by atoms with Crippen LogP contribution in [0.2, 0.25) is 0 Å². The van der Waals surface area contributed by atoms with E-state index in [1.54, 1.807) is 0 Å². The minimum absolute atomic E-state index is 0.155. The van der Waals surface area contributed by atoms with Gasteiger partial charge in [0.1, 0.15) is 5.56 Å². The van der Waals surface area contributed by atoms with Gasteiger partial charge in [0, 0.05) is 13.3 Å². The van der Waals surface area contributed by atoms with Gasteiger partial charge >= 0.3 is 25.4 Å². The number of aryl methyl sites for hydroxylation is 1. The van der Waals surface area contributed by atoms with Crippen molar-refractivity contribution in [3.63, 3.8) is 0 Å². The number of alkyl halides is 8. The van der Waals surface area contributed by atoms with Gasteiger partial charge in [-0.1, -0.05) is 6.08 Å². The molecule has 144 valence electrons. The molecule has 0 saturated heterocycles. The summed E-state index contributed by atoms with van der Waals surface area (Å²) in [6.45, 7) is 0. The van der Waals surface area contributed by atoms with Crippen LogP contribution in [-0.4, -0.2) is 39.3 Å². The molecule has 2 heterocycles. The van der Waals surface area contributed by atoms with Gasteiger partial charge in [-0.15, -0.1) is 0 Å². The van der Waals surface area contributed by atoms with E-state index >= 15 is 0 Å². The Morgan fingerprint density at radius 2 is 1.69 bits per heavy atom. The second-order valence-corrected chi connectivity index (χ2v) is 5.41. The number of nitrogens with zero attached hydrogens (tertiary/aromatic N) is 3. The molecule has 0 amide bonds. The first-order valence-electron chi connectivity index (χ1n) is 6.86. The number of halogens is 8. The lowest BCUT2D eigenvalue weighted by Gasteiger charge is -2.21. The highest BCUT2D eigenvalue weighted by Crippen LogP contribution is 2.50. The molecule has 14 heteroatoms. The molecular weight excluding hydrogens is 381 g/mol. The number of allylic oxidation sites excluding steroid dienone is 1. The fraction of sp³-hybridized carbons (Fsp3) is 0.500. The first-order chi connectivity index (χ1) is 11.7. The average molecular weight is 391 g/mol. The highest BCUT2D eigenvalue weighted by molar-refractivity contribution is 6.57. The number of rotatable bonds is 3. The van der Waals surface area contributed by atoms with Gasteiger partial charge in [-0.2, -0.15) is 40.2 Å². The van der Waals surface area contributed by atoms with Gasteiger partial charge < -0.3 is 10.0 Å². The van der Waals surface area contributed by atoms with Crippen LogP contribution in [0.3, 0.4) is 0 Å². The summed E-state index contributed by atoms with van der Waals surface area (Å²) in [6, 6.07) is -1.48. The van der Waals surface area contributed by atoms with Crippen molar-refractivity contribution in [3.05, 3.63) is 28.5 Å². The van der Waals surface area contributed by atoms with Gasteiger partial charge in [0.25, 0.3) is 0 Å². The van der Waals surface area contributed by atoms with Crippen molar-refractivity contribution >= 4 is 13.3 Å². The van der Waals surface area contributed by atoms with Crippen LogP contribution in [-0.2, 0) is 19.1 Å². The molecule has 2 N–H and O–H groups in total. The zero-order chi connectivity index (χ0) is 20.1. The van der Waals surface area contributed by atoms with Crippen LogP contribution in [0.15, 0.2) is 16.5 Å². The van der Waals surface area contributed by atoms with E-state index in [1.807, 2.05) is 0 Å². The summed E-state index contributed by atoms with van der Waals surface area (Å²) in [6.07, 6.45) is -10.3. The Kier molecular flexibility index (Phi) is 4.96. The van der Waals surface area contributed by atoms with E-state index in [4.69, 9.17) is 10.0 Å². The first kappa shape index (κ1) is 20.4. The molecule has 1 unspecified atom stereocenters. The molecule has 0 aliphatic carbocycles. The maximum Gasteiger partial charge on any atom is 0.489 e. The van der Waals surface area contributed by atoms with Crippen molar-refractivity contribution in [1.29, 1.82) is 0 Å². The minimum Gasteiger partial charge on any atom is -0.423 e. The summed E-state index contributed by atoms with van der Waals surface area (Å²) in [5.74, 6) is -5.82. The fourth-order valence-electron chi connectivity index (χ4n) is 2.44. The number of aliphatic imine (C=N–C) groups is 1. The first-order valence-corrected chi connectivity index (χ1v) is 6.86. The third kappa shape index (κ3) is 3.47. The molecule has 5 nitrogen and oxygen atoms in total. The Morgan fingerprint density at radius 1 is 1.12 bits per heavy atom. The van der Waals surface area contributed by atoms with Gasteiger partial charge in [-0.25, -0.2) is 0 Å². The quantitative estimate of drug-likeness (QED) is 0.615. The Balaban J connectivity index is 2.62. The van der Waals surface area contributed by atoms with Crippen LogP contribution < -0.4 is 0 Å². The van der Waals surface area contributed by atoms with E-state index in [2.05, 4.69) is 10.1 Å². The van der Waals surface area contributed by atoms with Crippen LogP contribution in [0.5, 0.6) is 0 Å². The number of aromatic nitrogens is 2. The molecule has 0 bridgehead atoms. The zero-order valence-electron chi connectivity index (χ0n) is 12.8. The van der Waals surface area contributed by atoms with Crippen LogP contribution >= 0.6 is 0 Å². The summed E-state index contributed by atoms with van der Waals surface area (Å²) in [4.78, 5) is 3.59. The third-order valence-electron chi connectivity index (χ3n) is 3.62. The number of dihydropyridines is 1. The summed E-state index contributed by atoms with van der Waals surface area (Å²) in [5.41, 5.74) is -5.82. The van der Waals surface area contributed by atoms with Crippen LogP contribution in [0.25, 0.3) is 0 Å². The molecule has 1 aliphatic heterocycles. The molecule has 1 aromatic heterocycles. The Hall–Kier alpha value is -1.96. The molecule has 0 saturated carbocycles. The predicted molar refractivity (Wildman–Crippen MR) is 72.3 cm³/mol. The van der Waals surface area contributed by atoms with Gasteiger partial charge in [0.15, 0.2) is 5.69 Å². The summed E-state index contributed by atoms with van der Waals surface area (Å²) in [5, 5.41) is 20.7. The molecule has 0 aromatic carbocycles. The van der Waals surface area contributed by atoms with Gasteiger partial charge in [0.2, 0.25) is 0 Å². The smallest absolute Gasteiger partial charge is 0.423 e. The number of hydrogen-bond acceptors (Lipinski definition) is 4. The lowest BCUT2D eigenvalue weighted by atomic mass is 9.78. The predicted octanol–water partition coefficient (Wildman–Crippen LogP) is 2.55. The highest BCUT2D eigenvalue weighted by Gasteiger charge is 2.64. The van der Waals surface area contributed by atoms with Crippen molar-refractivity contribution in [2.45, 2.75) is 30.7 Å². The normalized spacial score (nSPS) is 18.9. The Bertz CT molecular complexity index is 751. The topological polar surface area (TPSA) is 70.6 Å². The summed E-state index contributed by atoms with van der Waals surface area (Å²) >= 11 is 0. The van der Waals surface area contributed by atoms with Crippen LogP contribution in [0, 0.1) is 0 Å². The Morgan fingerprint density at radius 3 is 2.08 bits per heavy atom. The molecule has 0 fully saturated rings. The van der Waals surface area contributed by atoms with E-state index in [1.165, 1.54) is 0 Å². The average Bonchev–Trinajstić information content (AvgIpc) is 2.84. The molecular formula is C12H10BF8N3O2. The lowest BCUT2D eigenvalue weighted by molar-refractivity contribution is -0.292. The summed E-state index contributed by atoms with van der Waals surface area (Å²) < 4.78 is 105. The standard InChI is InChI=1S/C12H10BF8N3O2/c1-24-8(6-3-2-5(4-22-6)13(25)26)7(11(16,17)18)9(23-24)10(14,15)12(19,20)21/h2,4,6,25-26H,3H2,1H3. The molecule has 0 spiro atoms. The fourth-order valence-corrected chi connectivity index (χ4v) is 2.44. The van der Waals surface area contributed by atoms with Crippen molar-refractivity contribution in [3.8, 4) is 0 Å². The van der Waals surface area contributed by atoms with Crippen LogP contribution in [0.1, 0.15) is 29.4 Å². The van der Waals surface area contributed by atoms with E-state index in [-0.39, 0.29) is 16.6 Å². The lowest BCUT2D eigenvalue weighted by Crippen LogP contribution is -2.36. The second-order valence-electron chi connectivity index (χ2n) is 5.41. The molecule has 1 atom stereocenters. The van der Waals surface area contributed by atoms with Gasteiger partial charge in [-0.05, 0) is 11.9 Å². The summed E-state index contributed by atoms with van der Waals surface area (Å²) in [7, 11) is -1.17. The second kappa shape index (κ2) is 6.34. The van der Waals surface area contributed by atoms with E-state index < -0.39 is 48.4 Å². The molecule has 2 rings (SSSR count). The SMILES string of the molecule is Cn1nc(C(F)(F)C(F)(F)F)c(C(F)(F)F)c1C1CC=C(B(O)O)C=N1. The maximum absolute atomic E-state index is 13.6. The minimum atomic E-state index is -6.28. The van der Waals surface area contributed by atoms with Crippen molar-refractivity contribution < 1.29 is 45.2 Å². The monoisotopic (exact) mass is 391 g/mol. The molecule has 1 aromatic rings. The third-order valence-corrected chi connectivity index (χ3v) is 3.62. The largest absolute Gasteiger partial charge is 0.489 e. The zero-order valence-corrected chi connectivity index (χ0v) is 12.8. The van der Waals surface area contributed by atoms with Gasteiger partial charge in [0.05, 0.1) is 11.7 Å². The van der Waals surface area contributed by atoms with Crippen molar-refractivity contribution in [1.82, 2.24) is 9.78 Å². The Labute approximate surface area is 140 Å². The molecule has 1 aliphatic rings. The number of hydrogen-bond donors (Lipinski definition) is 2. The van der Waals surface area contributed by atoms with E-state index in [9.17, 15) is 35.1 Å². The molecule has 26 heavy (non-hydrogen) atoms.